The Labute approximate surface area is 156 Å². The van der Waals surface area contributed by atoms with Crippen molar-refractivity contribution >= 4 is 49.7 Å². The summed E-state index contributed by atoms with van der Waals surface area (Å²) in [6.07, 6.45) is 3.29. The van der Waals surface area contributed by atoms with Crippen LogP contribution in [0.5, 0.6) is 0 Å². The van der Waals surface area contributed by atoms with Crippen LogP contribution >= 0.6 is 0 Å². The molecule has 0 aliphatic carbocycles. The van der Waals surface area contributed by atoms with Gasteiger partial charge in [-0.05, 0) is 19.3 Å². The minimum absolute atomic E-state index is 0. The number of carboxylic acids is 2. The number of hydrogen-bond donors (Lipinski definition) is 2. The van der Waals surface area contributed by atoms with E-state index in [1.54, 1.807) is 0 Å². The van der Waals surface area contributed by atoms with E-state index in [2.05, 4.69) is 12.7 Å². The molecule has 2 atom stereocenters. The third-order valence-electron chi connectivity index (χ3n) is 2.60. The maximum Gasteiger partial charge on any atom is 2.00 e. The molecule has 120 valence electrons. The van der Waals surface area contributed by atoms with Gasteiger partial charge in [-0.2, -0.15) is 0 Å². The third-order valence-corrected chi connectivity index (χ3v) is 2.60. The van der Waals surface area contributed by atoms with Crippen LogP contribution in [0.3, 0.4) is 0 Å². The van der Waals surface area contributed by atoms with Gasteiger partial charge in [0, 0.05) is 12.1 Å². The number of nitrogens with one attached hydrogen (secondary N) is 1. The molecule has 0 aromatic heterocycles. The number of rotatable bonds is 10. The molecule has 0 saturated heterocycles. The standard InChI is InChI=1S/C7H14NO2.C6H13N2O2.Ca/c1-6(7(9)10)4-2-3-5-8;1-2-3-4-8-5(7)6(9)10;/h6H,1-5,8H2,(H,9,10);5,7-8H,2-4H2,1H3,(H,9,10);/q2*-1;+2/t6-;5-;/m00./s1. The Bertz CT molecular complexity index is 242. The summed E-state index contributed by atoms with van der Waals surface area (Å²) < 4.78 is 0. The molecule has 0 spiro atoms. The summed E-state index contributed by atoms with van der Waals surface area (Å²) in [7, 11) is 0. The Kier molecular flexibility index (Phi) is 22.4. The van der Waals surface area contributed by atoms with E-state index in [0.29, 0.717) is 13.0 Å². The normalized spacial score (nSPS) is 12.4. The number of aliphatic carboxylic acids is 2. The van der Waals surface area contributed by atoms with E-state index in [1.807, 2.05) is 6.92 Å². The van der Waals surface area contributed by atoms with Crippen LogP contribution in [-0.2, 0) is 9.59 Å². The third kappa shape index (κ3) is 20.1. The molecule has 8 heteroatoms. The molecular weight excluding hydrogens is 302 g/mol. The Balaban J connectivity index is -0.000000295. The van der Waals surface area contributed by atoms with E-state index in [0.717, 1.165) is 32.2 Å². The Morgan fingerprint density at radius 1 is 1.24 bits per heavy atom. The van der Waals surface area contributed by atoms with Crippen molar-refractivity contribution in [2.24, 2.45) is 5.92 Å². The van der Waals surface area contributed by atoms with Crippen molar-refractivity contribution in [2.45, 2.75) is 45.2 Å². The van der Waals surface area contributed by atoms with Gasteiger partial charge in [0.25, 0.3) is 0 Å². The molecule has 0 rings (SSSR count). The number of carbonyl (C=O) groups is 2. The van der Waals surface area contributed by atoms with E-state index in [1.165, 1.54) is 5.32 Å². The topological polar surface area (TPSA) is 148 Å². The predicted octanol–water partition coefficient (Wildman–Crippen LogP) is -3.30. The average Bonchev–Trinajstić information content (AvgIpc) is 2.39. The Morgan fingerprint density at radius 3 is 2.19 bits per heavy atom. The van der Waals surface area contributed by atoms with Crippen molar-refractivity contribution in [3.63, 3.8) is 0 Å². The second kappa shape index (κ2) is 18.1. The zero-order valence-corrected chi connectivity index (χ0v) is 15.1. The SMILES string of the molecule is CCCC[NH2+][C@H]([NH-])C(=O)[O-].[CH2-][C@@H](CCCC[NH3+])C(=O)[O-].[Ca+2]. The zero-order chi connectivity index (χ0) is 16.0. The smallest absolute Gasteiger partial charge is 0.620 e. The fourth-order valence-corrected chi connectivity index (χ4v) is 1.27. The minimum Gasteiger partial charge on any atom is -0.620 e. The summed E-state index contributed by atoms with van der Waals surface area (Å²) in [5, 5.41) is 21.5. The number of carbonyl (C=O) groups excluding carboxylic acids is 2. The minimum atomic E-state index is -1.31. The fourth-order valence-electron chi connectivity index (χ4n) is 1.27. The maximum absolute atomic E-state index is 10.1. The number of nitrogens with two attached hydrogens (primary N) is 1. The number of hydrogen-bond acceptors (Lipinski definition) is 4. The summed E-state index contributed by atoms with van der Waals surface area (Å²) in [5.41, 5.74) is 10.5. The van der Waals surface area contributed by atoms with Crippen molar-refractivity contribution in [3.8, 4) is 0 Å². The summed E-state index contributed by atoms with van der Waals surface area (Å²) in [5.74, 6) is -2.91. The van der Waals surface area contributed by atoms with Gasteiger partial charge in [0.05, 0.1) is 19.1 Å². The molecule has 0 aromatic rings. The van der Waals surface area contributed by atoms with Crippen molar-refractivity contribution in [2.75, 3.05) is 13.1 Å². The first kappa shape index (κ1) is 26.0. The first-order chi connectivity index (χ1) is 9.36. The van der Waals surface area contributed by atoms with E-state index in [4.69, 9.17) is 5.73 Å². The molecule has 0 bridgehead atoms. The molecule has 6 N–H and O–H groups in total. The first-order valence-corrected chi connectivity index (χ1v) is 6.95. The van der Waals surface area contributed by atoms with Gasteiger partial charge in [-0.3, -0.25) is 0 Å². The quantitative estimate of drug-likeness (QED) is 0.245. The molecule has 0 amide bonds. The van der Waals surface area contributed by atoms with E-state index in [9.17, 15) is 19.8 Å². The van der Waals surface area contributed by atoms with E-state index < -0.39 is 24.0 Å². The largest absolute Gasteiger partial charge is 2.00 e. The van der Waals surface area contributed by atoms with Crippen molar-refractivity contribution in [3.05, 3.63) is 12.7 Å². The maximum atomic E-state index is 10.1. The molecule has 0 fully saturated rings. The van der Waals surface area contributed by atoms with Gasteiger partial charge < -0.3 is 43.5 Å². The fraction of sp³-hybridized carbons (Fsp3) is 0.769. The van der Waals surface area contributed by atoms with Crippen molar-refractivity contribution < 1.29 is 30.9 Å². The summed E-state index contributed by atoms with van der Waals surface area (Å²) in [6, 6.07) is 0. The number of quaternary nitrogens is 2. The molecule has 7 nitrogen and oxygen atoms in total. The first-order valence-electron chi connectivity index (χ1n) is 6.95. The second-order valence-corrected chi connectivity index (χ2v) is 4.54. The van der Waals surface area contributed by atoms with Crippen LogP contribution in [0.2, 0.25) is 0 Å². The molecule has 0 unspecified atom stereocenters. The average molecular weight is 329 g/mol. The van der Waals surface area contributed by atoms with Crippen LogP contribution in [0.15, 0.2) is 0 Å². The van der Waals surface area contributed by atoms with Crippen LogP contribution in [0.25, 0.3) is 5.73 Å². The Hall–Kier alpha value is 0.0797. The number of carboxylic acid groups (broad SMARTS) is 2. The van der Waals surface area contributed by atoms with Crippen LogP contribution in [0.1, 0.15) is 39.0 Å². The molecule has 0 saturated carbocycles. The summed E-state index contributed by atoms with van der Waals surface area (Å²) in [6.45, 7) is 7.00. The van der Waals surface area contributed by atoms with Gasteiger partial charge in [0.1, 0.15) is 0 Å². The second-order valence-electron chi connectivity index (χ2n) is 4.54. The Morgan fingerprint density at radius 2 is 1.81 bits per heavy atom. The molecule has 21 heavy (non-hydrogen) atoms. The van der Waals surface area contributed by atoms with Gasteiger partial charge in [-0.15, -0.1) is 5.92 Å². The van der Waals surface area contributed by atoms with Crippen molar-refractivity contribution in [1.29, 1.82) is 0 Å². The number of unbranched alkanes of at least 4 members (excludes halogenated alkanes) is 2. The van der Waals surface area contributed by atoms with E-state index in [-0.39, 0.29) is 37.7 Å². The molecular formula is C13H27CaN3O4. The summed E-state index contributed by atoms with van der Waals surface area (Å²) >= 11 is 0. The molecule has 0 radical (unpaired) electrons. The zero-order valence-electron chi connectivity index (χ0n) is 12.9. The van der Waals surface area contributed by atoms with E-state index >= 15 is 0 Å². The van der Waals surface area contributed by atoms with Crippen molar-refractivity contribution in [1.82, 2.24) is 0 Å². The molecule has 0 heterocycles. The van der Waals surface area contributed by atoms with Gasteiger partial charge in [0.2, 0.25) is 0 Å². The van der Waals surface area contributed by atoms with Crippen LogP contribution < -0.4 is 21.3 Å². The monoisotopic (exact) mass is 329 g/mol. The summed E-state index contributed by atoms with van der Waals surface area (Å²) in [4.78, 5) is 20.1. The van der Waals surface area contributed by atoms with Gasteiger partial charge in [0.15, 0.2) is 0 Å². The van der Waals surface area contributed by atoms with Gasteiger partial charge in [-0.1, -0.05) is 19.8 Å². The van der Waals surface area contributed by atoms with Gasteiger partial charge in [-0.25, -0.2) is 0 Å². The molecule has 0 aliphatic rings. The molecule has 0 aliphatic heterocycles. The molecule has 0 aromatic carbocycles. The van der Waals surface area contributed by atoms with Crippen LogP contribution in [0, 0.1) is 12.8 Å². The predicted molar refractivity (Wildman–Crippen MR) is 76.0 cm³/mol. The van der Waals surface area contributed by atoms with Crippen LogP contribution in [0.4, 0.5) is 0 Å². The van der Waals surface area contributed by atoms with Gasteiger partial charge >= 0.3 is 37.7 Å². The van der Waals surface area contributed by atoms with Crippen LogP contribution in [-0.4, -0.2) is 68.9 Å².